The highest BCUT2D eigenvalue weighted by Crippen LogP contribution is 2.17. The Labute approximate surface area is 156 Å². The zero-order chi connectivity index (χ0) is 18.1. The van der Waals surface area contributed by atoms with Gasteiger partial charge in [0.05, 0.1) is 5.69 Å². The summed E-state index contributed by atoms with van der Waals surface area (Å²) in [5.74, 6) is -0.0915. The Balaban J connectivity index is 1.37. The van der Waals surface area contributed by atoms with Gasteiger partial charge in [0.25, 0.3) is 5.91 Å². The number of aromatic nitrogens is 3. The summed E-state index contributed by atoms with van der Waals surface area (Å²) in [6.45, 7) is 6.90. The predicted molar refractivity (Wildman–Crippen MR) is 103 cm³/mol. The molecule has 3 aromatic heterocycles. The highest BCUT2D eigenvalue weighted by Gasteiger charge is 2.22. The summed E-state index contributed by atoms with van der Waals surface area (Å²) in [5, 5.41) is 9.66. The molecule has 7 heteroatoms. The summed E-state index contributed by atoms with van der Waals surface area (Å²) >= 11 is 1.80. The Morgan fingerprint density at radius 2 is 2.12 bits per heavy atom. The lowest BCUT2D eigenvalue weighted by molar-refractivity contribution is 0.0904. The fraction of sp³-hybridized carbons (Fsp3) is 0.421. The minimum atomic E-state index is -0.0915. The average molecular weight is 369 g/mol. The summed E-state index contributed by atoms with van der Waals surface area (Å²) < 4.78 is 1.77. The summed E-state index contributed by atoms with van der Waals surface area (Å²) in [4.78, 5) is 21.0. The molecule has 0 unspecified atom stereocenters. The van der Waals surface area contributed by atoms with E-state index in [1.54, 1.807) is 21.9 Å². The Bertz CT molecular complexity index is 910. The van der Waals surface area contributed by atoms with Crippen LogP contribution in [-0.2, 0) is 6.54 Å². The molecular weight excluding hydrogens is 346 g/mol. The second kappa shape index (κ2) is 7.17. The zero-order valence-electron chi connectivity index (χ0n) is 15.1. The van der Waals surface area contributed by atoms with Crippen molar-refractivity contribution in [3.05, 3.63) is 51.6 Å². The van der Waals surface area contributed by atoms with E-state index in [1.807, 2.05) is 19.9 Å². The van der Waals surface area contributed by atoms with E-state index < -0.39 is 0 Å². The standard InChI is InChI=1S/C19H23N5OS/c1-13-10-18-21-17(11-14(2)24(18)22-13)19(25)20-15-5-7-23(8-6-15)12-16-4-3-9-26-16/h3-4,9-11,15H,5-8,12H2,1-2H3,(H,20,25). The minimum Gasteiger partial charge on any atom is -0.348 e. The van der Waals surface area contributed by atoms with E-state index in [2.05, 4.69) is 37.8 Å². The smallest absolute Gasteiger partial charge is 0.270 e. The molecule has 3 aromatic rings. The van der Waals surface area contributed by atoms with Gasteiger partial charge in [-0.2, -0.15) is 5.10 Å². The van der Waals surface area contributed by atoms with Gasteiger partial charge in [-0.1, -0.05) is 6.07 Å². The van der Waals surface area contributed by atoms with Crippen molar-refractivity contribution in [2.24, 2.45) is 0 Å². The van der Waals surface area contributed by atoms with Gasteiger partial charge in [0.1, 0.15) is 5.69 Å². The van der Waals surface area contributed by atoms with Crippen molar-refractivity contribution >= 4 is 22.9 Å². The molecule has 1 amide bonds. The number of hydrogen-bond acceptors (Lipinski definition) is 5. The van der Waals surface area contributed by atoms with Crippen LogP contribution in [0.25, 0.3) is 5.65 Å². The molecule has 4 rings (SSSR count). The summed E-state index contributed by atoms with van der Waals surface area (Å²) in [7, 11) is 0. The van der Waals surface area contributed by atoms with Crippen LogP contribution in [0, 0.1) is 13.8 Å². The van der Waals surface area contributed by atoms with Crippen LogP contribution >= 0.6 is 11.3 Å². The van der Waals surface area contributed by atoms with Gasteiger partial charge in [0.2, 0.25) is 0 Å². The number of amides is 1. The molecule has 6 nitrogen and oxygen atoms in total. The molecule has 1 N–H and O–H groups in total. The lowest BCUT2D eigenvalue weighted by Crippen LogP contribution is -2.44. The second-order valence-electron chi connectivity index (χ2n) is 6.94. The number of aryl methyl sites for hydroxylation is 2. The third-order valence-electron chi connectivity index (χ3n) is 4.84. The molecule has 0 bridgehead atoms. The van der Waals surface area contributed by atoms with Crippen LogP contribution in [0.15, 0.2) is 29.6 Å². The maximum atomic E-state index is 12.6. The fourth-order valence-electron chi connectivity index (χ4n) is 3.47. The zero-order valence-corrected chi connectivity index (χ0v) is 15.9. The number of nitrogens with zero attached hydrogens (tertiary/aromatic N) is 4. The largest absolute Gasteiger partial charge is 0.348 e. The van der Waals surface area contributed by atoms with Crippen LogP contribution in [-0.4, -0.2) is 44.5 Å². The normalized spacial score (nSPS) is 16.2. The molecule has 1 aliphatic heterocycles. The molecule has 4 heterocycles. The highest BCUT2D eigenvalue weighted by molar-refractivity contribution is 7.09. The van der Waals surface area contributed by atoms with E-state index >= 15 is 0 Å². The van der Waals surface area contributed by atoms with Crippen LogP contribution in [0.2, 0.25) is 0 Å². The number of carbonyl (C=O) groups excluding carboxylic acids is 1. The first-order valence-electron chi connectivity index (χ1n) is 8.98. The Kier molecular flexibility index (Phi) is 4.74. The second-order valence-corrected chi connectivity index (χ2v) is 7.97. The topological polar surface area (TPSA) is 62.5 Å². The average Bonchev–Trinajstić information content (AvgIpc) is 3.25. The molecule has 26 heavy (non-hydrogen) atoms. The van der Waals surface area contributed by atoms with Crippen LogP contribution in [0.5, 0.6) is 0 Å². The number of likely N-dealkylation sites (tertiary alicyclic amines) is 1. The van der Waals surface area contributed by atoms with E-state index in [0.717, 1.165) is 49.5 Å². The Morgan fingerprint density at radius 3 is 2.85 bits per heavy atom. The molecule has 1 saturated heterocycles. The number of piperidine rings is 1. The number of nitrogens with one attached hydrogen (secondary N) is 1. The van der Waals surface area contributed by atoms with Gasteiger partial charge in [-0.3, -0.25) is 9.69 Å². The fourth-order valence-corrected chi connectivity index (χ4v) is 4.22. The first-order chi connectivity index (χ1) is 12.6. The number of rotatable bonds is 4. The van der Waals surface area contributed by atoms with E-state index in [1.165, 1.54) is 4.88 Å². The molecule has 1 aliphatic rings. The number of fused-ring (bicyclic) bond motifs is 1. The lowest BCUT2D eigenvalue weighted by Gasteiger charge is -2.32. The van der Waals surface area contributed by atoms with Crippen molar-refractivity contribution in [1.29, 1.82) is 0 Å². The number of carbonyl (C=O) groups is 1. The lowest BCUT2D eigenvalue weighted by atomic mass is 10.0. The van der Waals surface area contributed by atoms with Crippen molar-refractivity contribution in [2.45, 2.75) is 39.3 Å². The number of hydrogen-bond donors (Lipinski definition) is 1. The molecule has 0 aromatic carbocycles. The monoisotopic (exact) mass is 369 g/mol. The summed E-state index contributed by atoms with van der Waals surface area (Å²) in [6, 6.07) is 8.20. The van der Waals surface area contributed by atoms with E-state index in [-0.39, 0.29) is 11.9 Å². The molecular formula is C19H23N5OS. The first-order valence-corrected chi connectivity index (χ1v) is 9.86. The van der Waals surface area contributed by atoms with Gasteiger partial charge in [0.15, 0.2) is 5.65 Å². The molecule has 0 radical (unpaired) electrons. The van der Waals surface area contributed by atoms with E-state index in [0.29, 0.717) is 5.69 Å². The third-order valence-corrected chi connectivity index (χ3v) is 5.70. The van der Waals surface area contributed by atoms with Gasteiger partial charge in [-0.15, -0.1) is 11.3 Å². The maximum absolute atomic E-state index is 12.6. The van der Waals surface area contributed by atoms with Gasteiger partial charge in [0, 0.05) is 42.3 Å². The molecule has 136 valence electrons. The van der Waals surface area contributed by atoms with Crippen molar-refractivity contribution in [3.63, 3.8) is 0 Å². The van der Waals surface area contributed by atoms with Crippen LogP contribution < -0.4 is 5.32 Å². The van der Waals surface area contributed by atoms with Gasteiger partial charge < -0.3 is 5.32 Å². The molecule has 1 fully saturated rings. The Hall–Kier alpha value is -2.25. The van der Waals surface area contributed by atoms with Crippen LogP contribution in [0.4, 0.5) is 0 Å². The third kappa shape index (κ3) is 3.64. The molecule has 0 aliphatic carbocycles. The molecule has 0 spiro atoms. The predicted octanol–water partition coefficient (Wildman–Crippen LogP) is 2.80. The molecule has 0 saturated carbocycles. The number of thiophene rings is 1. The van der Waals surface area contributed by atoms with Crippen molar-refractivity contribution < 1.29 is 4.79 Å². The summed E-state index contributed by atoms with van der Waals surface area (Å²) in [5.41, 5.74) is 3.00. The van der Waals surface area contributed by atoms with Gasteiger partial charge in [-0.25, -0.2) is 9.50 Å². The van der Waals surface area contributed by atoms with E-state index in [9.17, 15) is 4.79 Å². The SMILES string of the molecule is Cc1cc2nc(C(=O)NC3CCN(Cc4cccs4)CC3)cc(C)n2n1. The van der Waals surface area contributed by atoms with Crippen molar-refractivity contribution in [1.82, 2.24) is 24.8 Å². The summed E-state index contributed by atoms with van der Waals surface area (Å²) in [6.07, 6.45) is 1.95. The quantitative estimate of drug-likeness (QED) is 0.768. The van der Waals surface area contributed by atoms with Crippen molar-refractivity contribution in [2.75, 3.05) is 13.1 Å². The first kappa shape index (κ1) is 17.2. The van der Waals surface area contributed by atoms with Gasteiger partial charge in [-0.05, 0) is 44.2 Å². The minimum absolute atomic E-state index is 0.0915. The highest BCUT2D eigenvalue weighted by atomic mass is 32.1. The molecule has 0 atom stereocenters. The van der Waals surface area contributed by atoms with Gasteiger partial charge >= 0.3 is 0 Å². The van der Waals surface area contributed by atoms with Crippen molar-refractivity contribution in [3.8, 4) is 0 Å². The Morgan fingerprint density at radius 1 is 1.31 bits per heavy atom. The van der Waals surface area contributed by atoms with Crippen LogP contribution in [0.3, 0.4) is 0 Å². The maximum Gasteiger partial charge on any atom is 0.270 e. The van der Waals surface area contributed by atoms with E-state index in [4.69, 9.17) is 0 Å². The van der Waals surface area contributed by atoms with Crippen LogP contribution in [0.1, 0.15) is 39.6 Å².